The molecular weight excluding hydrogens is 198 g/mol. The Kier molecular flexibility index (Phi) is 1.79. The van der Waals surface area contributed by atoms with Gasteiger partial charge < -0.3 is 9.88 Å². The first kappa shape index (κ1) is 9.23. The number of aromatic nitrogens is 2. The maximum absolute atomic E-state index is 4.16. The zero-order valence-electron chi connectivity index (χ0n) is 9.76. The van der Waals surface area contributed by atoms with Crippen LogP contribution in [0.3, 0.4) is 0 Å². The Balaban J connectivity index is 1.39. The SMILES string of the molecule is Cn1cncc1CNC1C2C3CCC(C3)C12. The van der Waals surface area contributed by atoms with E-state index in [0.717, 1.165) is 36.3 Å². The first-order valence-corrected chi connectivity index (χ1v) is 6.53. The van der Waals surface area contributed by atoms with Crippen LogP contribution < -0.4 is 5.32 Å². The number of nitrogens with zero attached hydrogens (tertiary/aromatic N) is 2. The zero-order valence-corrected chi connectivity index (χ0v) is 9.76. The second-order valence-corrected chi connectivity index (χ2v) is 5.89. The molecule has 16 heavy (non-hydrogen) atoms. The molecule has 1 N–H and O–H groups in total. The third-order valence-electron chi connectivity index (χ3n) is 5.17. The Bertz CT molecular complexity index is 395. The minimum atomic E-state index is 0.834. The molecule has 3 heteroatoms. The van der Waals surface area contributed by atoms with Gasteiger partial charge in [0.2, 0.25) is 0 Å². The van der Waals surface area contributed by atoms with Crippen molar-refractivity contribution in [1.29, 1.82) is 0 Å². The van der Waals surface area contributed by atoms with Crippen molar-refractivity contribution in [3.05, 3.63) is 18.2 Å². The van der Waals surface area contributed by atoms with Gasteiger partial charge in [-0.3, -0.25) is 0 Å². The zero-order chi connectivity index (χ0) is 10.7. The molecule has 4 unspecified atom stereocenters. The molecule has 4 rings (SSSR count). The maximum Gasteiger partial charge on any atom is 0.0945 e. The molecule has 3 saturated carbocycles. The van der Waals surface area contributed by atoms with Gasteiger partial charge in [-0.05, 0) is 42.9 Å². The highest BCUT2D eigenvalue weighted by Gasteiger charge is 2.64. The molecule has 0 radical (unpaired) electrons. The van der Waals surface area contributed by atoms with E-state index in [1.807, 2.05) is 12.5 Å². The fourth-order valence-corrected chi connectivity index (χ4v) is 4.38. The van der Waals surface area contributed by atoms with Crippen molar-refractivity contribution >= 4 is 0 Å². The second-order valence-electron chi connectivity index (χ2n) is 5.89. The molecular formula is C13H19N3. The van der Waals surface area contributed by atoms with Gasteiger partial charge in [-0.2, -0.15) is 0 Å². The minimum absolute atomic E-state index is 0.834. The summed E-state index contributed by atoms with van der Waals surface area (Å²) in [6.45, 7) is 0.994. The summed E-state index contributed by atoms with van der Waals surface area (Å²) in [5, 5.41) is 3.74. The van der Waals surface area contributed by atoms with E-state index in [9.17, 15) is 0 Å². The number of hydrogen-bond acceptors (Lipinski definition) is 2. The highest BCUT2D eigenvalue weighted by atomic mass is 15.1. The van der Waals surface area contributed by atoms with Crippen molar-refractivity contribution in [3.63, 3.8) is 0 Å². The largest absolute Gasteiger partial charge is 0.337 e. The number of fused-ring (bicyclic) bond motifs is 5. The van der Waals surface area contributed by atoms with Gasteiger partial charge in [-0.25, -0.2) is 4.98 Å². The van der Waals surface area contributed by atoms with E-state index in [1.54, 1.807) is 6.42 Å². The number of aryl methyl sites for hydroxylation is 1. The Morgan fingerprint density at radius 2 is 2.12 bits per heavy atom. The van der Waals surface area contributed by atoms with Crippen LogP contribution in [0.15, 0.2) is 12.5 Å². The topological polar surface area (TPSA) is 29.9 Å². The van der Waals surface area contributed by atoms with Crippen LogP contribution in [-0.4, -0.2) is 15.6 Å². The molecule has 3 nitrogen and oxygen atoms in total. The van der Waals surface area contributed by atoms with Crippen LogP contribution in [0.5, 0.6) is 0 Å². The lowest BCUT2D eigenvalue weighted by Gasteiger charge is -2.10. The van der Waals surface area contributed by atoms with Gasteiger partial charge in [0.15, 0.2) is 0 Å². The highest BCUT2D eigenvalue weighted by molar-refractivity contribution is 5.17. The molecule has 0 aliphatic heterocycles. The molecule has 3 aliphatic carbocycles. The number of hydrogen-bond donors (Lipinski definition) is 1. The third-order valence-corrected chi connectivity index (χ3v) is 5.17. The average molecular weight is 217 g/mol. The summed E-state index contributed by atoms with van der Waals surface area (Å²) in [6, 6.07) is 0.834. The van der Waals surface area contributed by atoms with Crippen LogP contribution in [0.1, 0.15) is 25.0 Å². The first-order chi connectivity index (χ1) is 7.84. The maximum atomic E-state index is 4.16. The van der Waals surface area contributed by atoms with Crippen molar-refractivity contribution in [2.45, 2.75) is 31.8 Å². The van der Waals surface area contributed by atoms with E-state index in [4.69, 9.17) is 0 Å². The van der Waals surface area contributed by atoms with Crippen LogP contribution in [0, 0.1) is 23.7 Å². The number of imidazole rings is 1. The van der Waals surface area contributed by atoms with Gasteiger partial charge in [-0.15, -0.1) is 0 Å². The summed E-state index contributed by atoms with van der Waals surface area (Å²) in [5.41, 5.74) is 1.30. The Morgan fingerprint density at radius 3 is 2.75 bits per heavy atom. The van der Waals surface area contributed by atoms with Crippen molar-refractivity contribution in [2.75, 3.05) is 0 Å². The molecule has 0 aromatic carbocycles. The lowest BCUT2D eigenvalue weighted by Crippen LogP contribution is -2.23. The molecule has 0 amide bonds. The summed E-state index contributed by atoms with van der Waals surface area (Å²) in [4.78, 5) is 4.16. The van der Waals surface area contributed by atoms with Gasteiger partial charge in [-0.1, -0.05) is 0 Å². The van der Waals surface area contributed by atoms with Gasteiger partial charge in [0, 0.05) is 25.8 Å². The van der Waals surface area contributed by atoms with E-state index in [2.05, 4.69) is 21.9 Å². The predicted octanol–water partition coefficient (Wildman–Crippen LogP) is 1.55. The molecule has 0 spiro atoms. The van der Waals surface area contributed by atoms with Gasteiger partial charge in [0.25, 0.3) is 0 Å². The van der Waals surface area contributed by atoms with E-state index < -0.39 is 0 Å². The second kappa shape index (κ2) is 3.10. The molecule has 1 aromatic rings. The van der Waals surface area contributed by atoms with E-state index in [1.165, 1.54) is 18.5 Å². The minimum Gasteiger partial charge on any atom is -0.337 e. The Morgan fingerprint density at radius 1 is 1.38 bits per heavy atom. The van der Waals surface area contributed by atoms with Crippen molar-refractivity contribution in [2.24, 2.45) is 30.7 Å². The summed E-state index contributed by atoms with van der Waals surface area (Å²) >= 11 is 0. The molecule has 1 heterocycles. The van der Waals surface area contributed by atoms with Gasteiger partial charge >= 0.3 is 0 Å². The van der Waals surface area contributed by atoms with Gasteiger partial charge in [0.1, 0.15) is 0 Å². The molecule has 1 aromatic heterocycles. The predicted molar refractivity (Wildman–Crippen MR) is 61.6 cm³/mol. The van der Waals surface area contributed by atoms with E-state index in [0.29, 0.717) is 0 Å². The normalized spacial score (nSPS) is 43.7. The van der Waals surface area contributed by atoms with Crippen molar-refractivity contribution < 1.29 is 0 Å². The van der Waals surface area contributed by atoms with Crippen LogP contribution >= 0.6 is 0 Å². The Hall–Kier alpha value is -0.830. The molecule has 3 aliphatic rings. The summed E-state index contributed by atoms with van der Waals surface area (Å²) in [7, 11) is 2.07. The quantitative estimate of drug-likeness (QED) is 0.832. The molecule has 4 atom stereocenters. The van der Waals surface area contributed by atoms with Crippen molar-refractivity contribution in [3.8, 4) is 0 Å². The van der Waals surface area contributed by atoms with Crippen LogP contribution in [0.4, 0.5) is 0 Å². The number of nitrogens with one attached hydrogen (secondary N) is 1. The number of rotatable bonds is 3. The van der Waals surface area contributed by atoms with Crippen molar-refractivity contribution in [1.82, 2.24) is 14.9 Å². The fourth-order valence-electron chi connectivity index (χ4n) is 4.38. The monoisotopic (exact) mass is 217 g/mol. The van der Waals surface area contributed by atoms with E-state index >= 15 is 0 Å². The lowest BCUT2D eigenvalue weighted by molar-refractivity contribution is 0.456. The van der Waals surface area contributed by atoms with E-state index in [-0.39, 0.29) is 0 Å². The summed E-state index contributed by atoms with van der Waals surface area (Å²) in [6.07, 6.45) is 8.42. The lowest BCUT2D eigenvalue weighted by atomic mass is 10.0. The van der Waals surface area contributed by atoms with Crippen LogP contribution in [0.25, 0.3) is 0 Å². The fraction of sp³-hybridized carbons (Fsp3) is 0.769. The van der Waals surface area contributed by atoms with Crippen LogP contribution in [-0.2, 0) is 13.6 Å². The molecule has 2 bridgehead atoms. The summed E-state index contributed by atoms with van der Waals surface area (Å²) < 4.78 is 2.11. The van der Waals surface area contributed by atoms with Crippen LogP contribution in [0.2, 0.25) is 0 Å². The summed E-state index contributed by atoms with van der Waals surface area (Å²) in [5.74, 6) is 4.21. The molecule has 86 valence electrons. The molecule has 3 fully saturated rings. The third kappa shape index (κ3) is 1.15. The average Bonchev–Trinajstić information content (AvgIpc) is 2.70. The molecule has 0 saturated heterocycles. The standard InChI is InChI=1S/C13H19N3/c1-16-7-14-5-10(16)6-15-13-11-8-2-3-9(4-8)12(11)13/h5,7-9,11-13,15H,2-4,6H2,1H3. The van der Waals surface area contributed by atoms with Gasteiger partial charge in [0.05, 0.1) is 12.0 Å². The Labute approximate surface area is 96.3 Å². The smallest absolute Gasteiger partial charge is 0.0945 e. The highest BCUT2D eigenvalue weighted by Crippen LogP contribution is 2.65. The first-order valence-electron chi connectivity index (χ1n) is 6.53.